The third kappa shape index (κ3) is 1.80. The van der Waals surface area contributed by atoms with Crippen LogP contribution in [0.25, 0.3) is 0 Å². The molecule has 3 rings (SSSR count). The molecular formula is C15H24N2. The molecule has 2 unspecified atom stereocenters. The lowest BCUT2D eigenvalue weighted by Crippen LogP contribution is -2.37. The predicted molar refractivity (Wildman–Crippen MR) is 68.5 cm³/mol. The van der Waals surface area contributed by atoms with E-state index in [1.54, 1.807) is 0 Å². The minimum atomic E-state index is -0.0200. The highest BCUT2D eigenvalue weighted by Gasteiger charge is 2.67. The van der Waals surface area contributed by atoms with Crippen LogP contribution >= 0.6 is 0 Å². The van der Waals surface area contributed by atoms with E-state index < -0.39 is 0 Å². The molecule has 0 spiro atoms. The maximum Gasteiger partial charge on any atom is 0.115 e. The van der Waals surface area contributed by atoms with Crippen LogP contribution in [-0.4, -0.2) is 23.5 Å². The van der Waals surface area contributed by atoms with Crippen molar-refractivity contribution < 1.29 is 0 Å². The molecule has 2 atom stereocenters. The minimum absolute atomic E-state index is 0.0200. The molecule has 2 saturated carbocycles. The Morgan fingerprint density at radius 3 is 1.88 bits per heavy atom. The first-order chi connectivity index (χ1) is 8.39. The van der Waals surface area contributed by atoms with Crippen molar-refractivity contribution in [2.75, 3.05) is 13.1 Å². The van der Waals surface area contributed by atoms with Crippen LogP contribution in [0.15, 0.2) is 0 Å². The van der Waals surface area contributed by atoms with Gasteiger partial charge in [-0.1, -0.05) is 32.1 Å². The van der Waals surface area contributed by atoms with Crippen LogP contribution in [0.5, 0.6) is 0 Å². The lowest BCUT2D eigenvalue weighted by atomic mass is 10.0. The van der Waals surface area contributed by atoms with Crippen LogP contribution in [0.2, 0.25) is 0 Å². The van der Waals surface area contributed by atoms with E-state index in [1.807, 2.05) is 0 Å². The van der Waals surface area contributed by atoms with Crippen molar-refractivity contribution in [2.24, 2.45) is 11.8 Å². The Morgan fingerprint density at radius 1 is 0.824 bits per heavy atom. The van der Waals surface area contributed by atoms with Crippen LogP contribution in [-0.2, 0) is 0 Å². The molecule has 2 nitrogen and oxygen atoms in total. The zero-order valence-electron chi connectivity index (χ0n) is 10.8. The van der Waals surface area contributed by atoms with Gasteiger partial charge in [-0.2, -0.15) is 5.26 Å². The van der Waals surface area contributed by atoms with Gasteiger partial charge in [0.2, 0.25) is 0 Å². The largest absolute Gasteiger partial charge is 0.285 e. The summed E-state index contributed by atoms with van der Waals surface area (Å²) in [5.74, 6) is 1.42. The van der Waals surface area contributed by atoms with E-state index >= 15 is 0 Å². The molecule has 2 aliphatic carbocycles. The molecule has 0 aromatic heterocycles. The summed E-state index contributed by atoms with van der Waals surface area (Å²) < 4.78 is 0. The van der Waals surface area contributed by atoms with Crippen LogP contribution in [0.1, 0.15) is 57.8 Å². The zero-order chi connectivity index (χ0) is 11.7. The van der Waals surface area contributed by atoms with E-state index in [-0.39, 0.29) is 5.54 Å². The molecule has 94 valence electrons. The lowest BCUT2D eigenvalue weighted by molar-refractivity contribution is 0.236. The third-order valence-corrected chi connectivity index (χ3v) is 5.35. The first-order valence-electron chi connectivity index (χ1n) is 7.56. The highest BCUT2D eigenvalue weighted by Crippen LogP contribution is 2.60. The van der Waals surface area contributed by atoms with Crippen molar-refractivity contribution in [1.82, 2.24) is 4.90 Å². The van der Waals surface area contributed by atoms with Gasteiger partial charge in [-0.3, -0.25) is 4.90 Å². The van der Waals surface area contributed by atoms with Gasteiger partial charge < -0.3 is 0 Å². The van der Waals surface area contributed by atoms with Gasteiger partial charge in [0.1, 0.15) is 5.54 Å². The van der Waals surface area contributed by atoms with Gasteiger partial charge in [-0.25, -0.2) is 0 Å². The number of nitrogens with zero attached hydrogens (tertiary/aromatic N) is 2. The summed E-state index contributed by atoms with van der Waals surface area (Å²) in [7, 11) is 0. The normalized spacial score (nSPS) is 43.0. The second-order valence-electron chi connectivity index (χ2n) is 6.19. The smallest absolute Gasteiger partial charge is 0.115 e. The van der Waals surface area contributed by atoms with Crippen LogP contribution in [0.4, 0.5) is 0 Å². The van der Waals surface area contributed by atoms with Crippen molar-refractivity contribution in [3.05, 3.63) is 0 Å². The SMILES string of the molecule is N#CC1(N2CCCC2)C2CCCCCCCC21. The van der Waals surface area contributed by atoms with Gasteiger partial charge in [0.25, 0.3) is 0 Å². The maximum atomic E-state index is 9.71. The number of fused-ring (bicyclic) bond motifs is 1. The molecule has 2 heteroatoms. The summed E-state index contributed by atoms with van der Waals surface area (Å²) in [4.78, 5) is 2.53. The van der Waals surface area contributed by atoms with E-state index in [9.17, 15) is 5.26 Å². The molecule has 0 amide bonds. The molecule has 0 aromatic rings. The Kier molecular flexibility index (Phi) is 3.13. The molecule has 3 aliphatic rings. The third-order valence-electron chi connectivity index (χ3n) is 5.35. The summed E-state index contributed by atoms with van der Waals surface area (Å²) in [5.41, 5.74) is -0.0200. The Bertz CT molecular complexity index is 297. The summed E-state index contributed by atoms with van der Waals surface area (Å²) in [5, 5.41) is 9.71. The van der Waals surface area contributed by atoms with Crippen molar-refractivity contribution in [1.29, 1.82) is 5.26 Å². The van der Waals surface area contributed by atoms with E-state index in [2.05, 4.69) is 11.0 Å². The molecule has 1 aliphatic heterocycles. The second kappa shape index (κ2) is 4.61. The Balaban J connectivity index is 1.75. The number of nitriles is 1. The molecule has 17 heavy (non-hydrogen) atoms. The monoisotopic (exact) mass is 232 g/mol. The Labute approximate surface area is 105 Å². The predicted octanol–water partition coefficient (Wildman–Crippen LogP) is 3.33. The molecule has 0 bridgehead atoms. The topological polar surface area (TPSA) is 27.0 Å². The average Bonchev–Trinajstić information content (AvgIpc) is 2.79. The summed E-state index contributed by atoms with van der Waals surface area (Å²) in [6, 6.07) is 2.74. The number of likely N-dealkylation sites (tertiary alicyclic amines) is 1. The summed E-state index contributed by atoms with van der Waals surface area (Å²) >= 11 is 0. The highest BCUT2D eigenvalue weighted by atomic mass is 15.3. The Morgan fingerprint density at radius 2 is 1.35 bits per heavy atom. The van der Waals surface area contributed by atoms with E-state index in [0.717, 1.165) is 0 Å². The lowest BCUT2D eigenvalue weighted by Gasteiger charge is -2.23. The first-order valence-corrected chi connectivity index (χ1v) is 7.56. The quantitative estimate of drug-likeness (QED) is 0.693. The van der Waals surface area contributed by atoms with Crippen molar-refractivity contribution >= 4 is 0 Å². The summed E-state index contributed by atoms with van der Waals surface area (Å²) in [6.45, 7) is 2.36. The molecule has 0 radical (unpaired) electrons. The fourth-order valence-corrected chi connectivity index (χ4v) is 4.42. The Hall–Kier alpha value is -0.550. The van der Waals surface area contributed by atoms with E-state index in [0.29, 0.717) is 11.8 Å². The fourth-order valence-electron chi connectivity index (χ4n) is 4.42. The van der Waals surface area contributed by atoms with Gasteiger partial charge in [0.15, 0.2) is 0 Å². The fraction of sp³-hybridized carbons (Fsp3) is 0.933. The molecular weight excluding hydrogens is 208 g/mol. The highest BCUT2D eigenvalue weighted by molar-refractivity contribution is 5.30. The van der Waals surface area contributed by atoms with Crippen molar-refractivity contribution in [2.45, 2.75) is 63.3 Å². The van der Waals surface area contributed by atoms with Gasteiger partial charge >= 0.3 is 0 Å². The molecule has 1 heterocycles. The zero-order valence-corrected chi connectivity index (χ0v) is 10.8. The summed E-state index contributed by atoms with van der Waals surface area (Å²) in [6.07, 6.45) is 12.2. The molecule has 3 fully saturated rings. The molecule has 0 aromatic carbocycles. The first kappa shape index (κ1) is 11.5. The second-order valence-corrected chi connectivity index (χ2v) is 6.19. The molecule has 1 saturated heterocycles. The van der Waals surface area contributed by atoms with Gasteiger partial charge in [0, 0.05) is 0 Å². The number of hydrogen-bond acceptors (Lipinski definition) is 2. The average molecular weight is 232 g/mol. The van der Waals surface area contributed by atoms with Gasteiger partial charge in [-0.05, 0) is 50.6 Å². The van der Waals surface area contributed by atoms with Crippen molar-refractivity contribution in [3.63, 3.8) is 0 Å². The van der Waals surface area contributed by atoms with E-state index in [4.69, 9.17) is 0 Å². The van der Waals surface area contributed by atoms with E-state index in [1.165, 1.54) is 70.9 Å². The van der Waals surface area contributed by atoms with Gasteiger partial charge in [0.05, 0.1) is 6.07 Å². The van der Waals surface area contributed by atoms with Gasteiger partial charge in [-0.15, -0.1) is 0 Å². The maximum absolute atomic E-state index is 9.71. The van der Waals surface area contributed by atoms with Crippen molar-refractivity contribution in [3.8, 4) is 6.07 Å². The van der Waals surface area contributed by atoms with Crippen LogP contribution < -0.4 is 0 Å². The molecule has 0 N–H and O–H groups in total. The number of rotatable bonds is 1. The standard InChI is InChI=1S/C15H24N2/c16-12-15(17-10-6-7-11-17)13-8-4-2-1-3-5-9-14(13)15/h13-14H,1-11H2. The minimum Gasteiger partial charge on any atom is -0.285 e. The number of hydrogen-bond donors (Lipinski definition) is 0. The van der Waals surface area contributed by atoms with Crippen LogP contribution in [0.3, 0.4) is 0 Å². The van der Waals surface area contributed by atoms with Crippen LogP contribution in [0, 0.1) is 23.2 Å².